The van der Waals surface area contributed by atoms with Crippen LogP contribution in [0.1, 0.15) is 15.9 Å². The van der Waals surface area contributed by atoms with Crippen molar-refractivity contribution in [1.82, 2.24) is 10.0 Å². The van der Waals surface area contributed by atoms with Gasteiger partial charge in [0.15, 0.2) is 11.5 Å². The van der Waals surface area contributed by atoms with Gasteiger partial charge in [0.05, 0.1) is 5.52 Å². The van der Waals surface area contributed by atoms with Crippen LogP contribution < -0.4 is 10.9 Å². The minimum atomic E-state index is -0.895. The number of para-hydroxylation sites is 1. The van der Waals surface area contributed by atoms with Crippen LogP contribution in [0.25, 0.3) is 10.9 Å². The van der Waals surface area contributed by atoms with E-state index < -0.39 is 11.3 Å². The van der Waals surface area contributed by atoms with Crippen LogP contribution in [0.5, 0.6) is 11.5 Å². The fourth-order valence-electron chi connectivity index (χ4n) is 2.56. The van der Waals surface area contributed by atoms with E-state index in [0.717, 1.165) is 0 Å². The second kappa shape index (κ2) is 6.05. The summed E-state index contributed by atoms with van der Waals surface area (Å²) in [7, 11) is 0. The van der Waals surface area contributed by atoms with Crippen LogP contribution in [0.4, 0.5) is 0 Å². The van der Waals surface area contributed by atoms with Gasteiger partial charge in [-0.15, -0.1) is 0 Å². The van der Waals surface area contributed by atoms with Crippen LogP contribution in [-0.2, 0) is 6.54 Å². The smallest absolute Gasteiger partial charge is 0.280 e. The maximum atomic E-state index is 12.4. The highest BCUT2D eigenvalue weighted by atomic mass is 16.5. The number of aromatic hydroxyl groups is 2. The molecule has 3 rings (SSSR count). The zero-order chi connectivity index (χ0) is 17.3. The van der Waals surface area contributed by atoms with Gasteiger partial charge in [0.2, 0.25) is 5.43 Å². The minimum Gasteiger partial charge on any atom is -0.504 e. The number of amides is 1. The van der Waals surface area contributed by atoms with Gasteiger partial charge in [-0.3, -0.25) is 14.8 Å². The van der Waals surface area contributed by atoms with Crippen molar-refractivity contribution >= 4 is 16.8 Å². The number of carbonyl (C=O) groups excluding carboxylic acids is 1. The first-order valence-corrected chi connectivity index (χ1v) is 7.08. The van der Waals surface area contributed by atoms with Gasteiger partial charge < -0.3 is 14.8 Å². The van der Waals surface area contributed by atoms with Crippen molar-refractivity contribution in [2.75, 3.05) is 0 Å². The van der Waals surface area contributed by atoms with E-state index in [1.165, 1.54) is 23.8 Å². The van der Waals surface area contributed by atoms with Crippen molar-refractivity contribution in [2.24, 2.45) is 0 Å². The summed E-state index contributed by atoms with van der Waals surface area (Å²) < 4.78 is 1.66. The third-order valence-corrected chi connectivity index (χ3v) is 3.73. The number of aromatic nitrogens is 1. The molecule has 0 unspecified atom stereocenters. The van der Waals surface area contributed by atoms with Gasteiger partial charge in [-0.25, -0.2) is 5.48 Å². The summed E-state index contributed by atoms with van der Waals surface area (Å²) >= 11 is 0. The number of pyridine rings is 1. The van der Waals surface area contributed by atoms with Crippen LogP contribution in [0.3, 0.4) is 0 Å². The SMILES string of the molecule is O=C(NO)c1cn(Cc2ccc(O)c(O)c2)c2ccccc2c1=O. The van der Waals surface area contributed by atoms with Crippen molar-refractivity contribution in [3.05, 3.63) is 70.0 Å². The lowest BCUT2D eigenvalue weighted by Crippen LogP contribution is -2.27. The Morgan fingerprint density at radius 1 is 1.08 bits per heavy atom. The van der Waals surface area contributed by atoms with Crippen LogP contribution in [0.2, 0.25) is 0 Å². The van der Waals surface area contributed by atoms with Crippen LogP contribution in [0, 0.1) is 0 Å². The number of fused-ring (bicyclic) bond motifs is 1. The number of carbonyl (C=O) groups is 1. The summed E-state index contributed by atoms with van der Waals surface area (Å²) in [6.45, 7) is 0.250. The summed E-state index contributed by atoms with van der Waals surface area (Å²) in [4.78, 5) is 24.1. The molecular weight excluding hydrogens is 312 g/mol. The summed E-state index contributed by atoms with van der Waals surface area (Å²) in [5.41, 5.74) is 2.05. The van der Waals surface area contributed by atoms with Gasteiger partial charge in [-0.1, -0.05) is 18.2 Å². The number of phenolic OH excluding ortho intramolecular Hbond substituents is 2. The molecule has 0 aliphatic carbocycles. The molecule has 0 aliphatic heterocycles. The Bertz CT molecular complexity index is 994. The van der Waals surface area contributed by atoms with Crippen LogP contribution >= 0.6 is 0 Å². The first-order chi connectivity index (χ1) is 11.5. The van der Waals surface area contributed by atoms with Crippen molar-refractivity contribution in [2.45, 2.75) is 6.54 Å². The molecule has 0 aliphatic rings. The Balaban J connectivity index is 2.19. The lowest BCUT2D eigenvalue weighted by Gasteiger charge is -2.13. The third kappa shape index (κ3) is 2.68. The number of hydroxylamine groups is 1. The van der Waals surface area contributed by atoms with E-state index in [0.29, 0.717) is 16.5 Å². The number of nitrogens with one attached hydrogen (secondary N) is 1. The van der Waals surface area contributed by atoms with E-state index >= 15 is 0 Å². The highest BCUT2D eigenvalue weighted by Gasteiger charge is 2.15. The van der Waals surface area contributed by atoms with Crippen molar-refractivity contribution in [1.29, 1.82) is 0 Å². The number of hydrogen-bond donors (Lipinski definition) is 4. The first-order valence-electron chi connectivity index (χ1n) is 7.08. The molecule has 1 amide bonds. The topological polar surface area (TPSA) is 112 Å². The molecular formula is C17H14N2O5. The molecule has 0 atom stereocenters. The maximum Gasteiger partial charge on any atom is 0.280 e. The molecule has 3 aromatic rings. The highest BCUT2D eigenvalue weighted by molar-refractivity contribution is 5.96. The molecule has 1 aromatic heterocycles. The largest absolute Gasteiger partial charge is 0.504 e. The standard InChI is InChI=1S/C17H14N2O5/c20-14-6-5-10(7-15(14)21)8-19-9-12(17(23)18-24)16(22)11-3-1-2-4-13(11)19/h1-7,9,20-21,24H,8H2,(H,18,23). The number of phenols is 2. The summed E-state index contributed by atoms with van der Waals surface area (Å²) in [6.07, 6.45) is 1.35. The number of rotatable bonds is 3. The average molecular weight is 326 g/mol. The molecule has 0 radical (unpaired) electrons. The molecule has 7 nitrogen and oxygen atoms in total. The first kappa shape index (κ1) is 15.6. The van der Waals surface area contributed by atoms with Gasteiger partial charge in [0.1, 0.15) is 5.56 Å². The molecule has 122 valence electrons. The van der Waals surface area contributed by atoms with E-state index in [1.807, 2.05) is 0 Å². The van der Waals surface area contributed by atoms with E-state index in [9.17, 15) is 19.8 Å². The maximum absolute atomic E-state index is 12.4. The quantitative estimate of drug-likeness (QED) is 0.332. The van der Waals surface area contributed by atoms with E-state index in [4.69, 9.17) is 5.21 Å². The van der Waals surface area contributed by atoms with Crippen LogP contribution in [-0.4, -0.2) is 25.9 Å². The molecule has 0 bridgehead atoms. The molecule has 4 N–H and O–H groups in total. The lowest BCUT2D eigenvalue weighted by molar-refractivity contribution is 0.0704. The minimum absolute atomic E-state index is 0.195. The molecule has 0 fully saturated rings. The number of benzene rings is 2. The summed E-state index contributed by atoms with van der Waals surface area (Å²) in [5, 5.41) is 28.2. The second-order valence-corrected chi connectivity index (χ2v) is 5.28. The van der Waals surface area contributed by atoms with E-state index in [1.54, 1.807) is 34.9 Å². The molecule has 0 saturated heterocycles. The Morgan fingerprint density at radius 3 is 2.54 bits per heavy atom. The summed E-state index contributed by atoms with van der Waals surface area (Å²) in [5.74, 6) is -1.39. The third-order valence-electron chi connectivity index (χ3n) is 3.73. The predicted molar refractivity (Wildman–Crippen MR) is 86.3 cm³/mol. The summed E-state index contributed by atoms with van der Waals surface area (Å²) in [6, 6.07) is 11.1. The fourth-order valence-corrected chi connectivity index (χ4v) is 2.56. The molecule has 0 spiro atoms. The number of nitrogens with zero attached hydrogens (tertiary/aromatic N) is 1. The highest BCUT2D eigenvalue weighted by Crippen LogP contribution is 2.25. The molecule has 7 heteroatoms. The Kier molecular flexibility index (Phi) is 3.93. The van der Waals surface area contributed by atoms with Crippen molar-refractivity contribution < 1.29 is 20.2 Å². The fraction of sp³-hybridized carbons (Fsp3) is 0.0588. The van der Waals surface area contributed by atoms with E-state index in [2.05, 4.69) is 0 Å². The molecule has 24 heavy (non-hydrogen) atoms. The average Bonchev–Trinajstić information content (AvgIpc) is 2.60. The van der Waals surface area contributed by atoms with Crippen molar-refractivity contribution in [3.8, 4) is 11.5 Å². The zero-order valence-electron chi connectivity index (χ0n) is 12.4. The zero-order valence-corrected chi connectivity index (χ0v) is 12.4. The van der Waals surface area contributed by atoms with Gasteiger partial charge in [-0.2, -0.15) is 0 Å². The van der Waals surface area contributed by atoms with Gasteiger partial charge in [0.25, 0.3) is 5.91 Å². The Hall–Kier alpha value is -3.32. The monoisotopic (exact) mass is 326 g/mol. The normalized spacial score (nSPS) is 10.7. The second-order valence-electron chi connectivity index (χ2n) is 5.28. The number of hydrogen-bond acceptors (Lipinski definition) is 5. The van der Waals surface area contributed by atoms with Gasteiger partial charge >= 0.3 is 0 Å². The van der Waals surface area contributed by atoms with Crippen molar-refractivity contribution in [3.63, 3.8) is 0 Å². The van der Waals surface area contributed by atoms with E-state index in [-0.39, 0.29) is 23.6 Å². The Morgan fingerprint density at radius 2 is 1.83 bits per heavy atom. The lowest BCUT2D eigenvalue weighted by atomic mass is 10.1. The Labute approximate surface area is 136 Å². The molecule has 2 aromatic carbocycles. The van der Waals surface area contributed by atoms with Crippen LogP contribution in [0.15, 0.2) is 53.5 Å². The molecule has 0 saturated carbocycles. The van der Waals surface area contributed by atoms with Gasteiger partial charge in [-0.05, 0) is 29.8 Å². The predicted octanol–water partition coefficient (Wildman–Crippen LogP) is 1.58. The molecule has 1 heterocycles. The van der Waals surface area contributed by atoms with Gasteiger partial charge in [0, 0.05) is 18.1 Å².